The average molecular weight is 682 g/mol. The van der Waals surface area contributed by atoms with Crippen molar-refractivity contribution in [3.63, 3.8) is 0 Å². The molecular weight excluding hydrogens is 640 g/mol. The van der Waals surface area contributed by atoms with Gasteiger partial charge in [0.1, 0.15) is 22.2 Å². The molecule has 1 aromatic rings. The number of thioether (sulfide) groups is 1. The van der Waals surface area contributed by atoms with Crippen LogP contribution in [0.1, 0.15) is 74.1 Å². The van der Waals surface area contributed by atoms with E-state index in [0.717, 1.165) is 28.6 Å². The molecule has 1 aromatic heterocycles. The second-order valence-electron chi connectivity index (χ2n) is 13.1. The van der Waals surface area contributed by atoms with Crippen molar-refractivity contribution in [2.45, 2.75) is 108 Å². The maximum absolute atomic E-state index is 16.0. The molecule has 254 valence electrons. The van der Waals surface area contributed by atoms with Crippen molar-refractivity contribution in [2.24, 2.45) is 0 Å². The average Bonchev–Trinajstić information content (AvgIpc) is 3.15. The Morgan fingerprint density at radius 2 is 1.53 bits per heavy atom. The van der Waals surface area contributed by atoms with E-state index in [1.165, 1.54) is 0 Å². The van der Waals surface area contributed by atoms with Crippen LogP contribution < -0.4 is 10.6 Å². The molecule has 0 bridgehead atoms. The highest BCUT2D eigenvalue weighted by molar-refractivity contribution is 8.00. The zero-order valence-corrected chi connectivity index (χ0v) is 28.5. The monoisotopic (exact) mass is 681 g/mol. The van der Waals surface area contributed by atoms with Gasteiger partial charge in [-0.3, -0.25) is 18.1 Å². The van der Waals surface area contributed by atoms with E-state index in [-0.39, 0.29) is 13.2 Å². The van der Waals surface area contributed by atoms with E-state index in [4.69, 9.17) is 32.5 Å². The van der Waals surface area contributed by atoms with Gasteiger partial charge in [0.15, 0.2) is 18.1 Å². The van der Waals surface area contributed by atoms with Gasteiger partial charge in [-0.25, -0.2) is 28.1 Å². The largest absolute Gasteiger partial charge is 0.509 e. The number of hydrogen-bond donors (Lipinski definition) is 0. The molecule has 15 nitrogen and oxygen atoms in total. The zero-order valence-electron chi connectivity index (χ0n) is 26.8. The lowest BCUT2D eigenvalue weighted by molar-refractivity contribution is -0.0464. The van der Waals surface area contributed by atoms with Gasteiger partial charge >= 0.3 is 31.9 Å². The van der Waals surface area contributed by atoms with Gasteiger partial charge in [0.2, 0.25) is 0 Å². The molecule has 0 N–H and O–H groups in total. The fourth-order valence-electron chi connectivity index (χ4n) is 3.86. The highest BCUT2D eigenvalue weighted by atomic mass is 32.2. The molecule has 0 aliphatic carbocycles. The highest BCUT2D eigenvalue weighted by Crippen LogP contribution is 2.53. The minimum Gasteiger partial charge on any atom is -0.443 e. The van der Waals surface area contributed by atoms with Crippen molar-refractivity contribution in [1.82, 2.24) is 9.55 Å². The van der Waals surface area contributed by atoms with Crippen LogP contribution in [0.25, 0.3) is 0 Å². The molecule has 0 radical (unpaired) electrons. The van der Waals surface area contributed by atoms with Crippen LogP contribution in [0.3, 0.4) is 0 Å². The van der Waals surface area contributed by atoms with Gasteiger partial charge in [-0.15, -0.1) is 11.8 Å². The van der Waals surface area contributed by atoms with Crippen LogP contribution in [0.15, 0.2) is 17.1 Å². The van der Waals surface area contributed by atoms with Crippen LogP contribution >= 0.6 is 19.6 Å². The van der Waals surface area contributed by atoms with Crippen molar-refractivity contribution >= 4 is 43.7 Å². The lowest BCUT2D eigenvalue weighted by atomic mass is 10.1. The van der Waals surface area contributed by atoms with Gasteiger partial charge in [-0.2, -0.15) is 9.88 Å². The van der Waals surface area contributed by atoms with E-state index < -0.39 is 84.0 Å². The molecule has 45 heavy (non-hydrogen) atoms. The Kier molecular flexibility index (Phi) is 11.4. The van der Waals surface area contributed by atoms with Crippen molar-refractivity contribution in [2.75, 3.05) is 24.7 Å². The van der Waals surface area contributed by atoms with E-state index in [1.807, 2.05) is 0 Å². The number of anilines is 1. The summed E-state index contributed by atoms with van der Waals surface area (Å²) in [5, 5.41) is -2.32. The number of phosphoric ester groups is 1. The normalized spacial score (nSPS) is 23.6. The summed E-state index contributed by atoms with van der Waals surface area (Å²) in [6, 6.07) is 1.14. The van der Waals surface area contributed by atoms with Crippen molar-refractivity contribution in [1.29, 1.82) is 0 Å². The molecule has 2 saturated heterocycles. The molecule has 3 rings (SSSR count). The van der Waals surface area contributed by atoms with E-state index in [9.17, 15) is 23.7 Å². The summed E-state index contributed by atoms with van der Waals surface area (Å²) in [5.41, 5.74) is -4.01. The lowest BCUT2D eigenvalue weighted by Gasteiger charge is -2.28. The van der Waals surface area contributed by atoms with Gasteiger partial charge in [0.05, 0.1) is 25.1 Å². The Balaban J connectivity index is 1.92. The molecule has 0 aromatic carbocycles. The quantitative estimate of drug-likeness (QED) is 0.202. The molecular formula is C27H41FN3O12PS. The number of nitrogens with zero attached hydrogens (tertiary/aromatic N) is 3. The zero-order chi connectivity index (χ0) is 34.0. The summed E-state index contributed by atoms with van der Waals surface area (Å²) in [4.78, 5) is 56.0. The Morgan fingerprint density at radius 3 is 2.02 bits per heavy atom. The summed E-state index contributed by atoms with van der Waals surface area (Å²) >= 11 is 0.845. The number of hydrogen-bond acceptors (Lipinski definition) is 14. The Labute approximate surface area is 265 Å². The smallest absolute Gasteiger partial charge is 0.443 e. The second kappa shape index (κ2) is 14.0. The summed E-state index contributed by atoms with van der Waals surface area (Å²) < 4.78 is 66.4. The molecule has 0 spiro atoms. The second-order valence-corrected chi connectivity index (χ2v) is 16.1. The number of phosphoric acid groups is 1. The molecule has 2 fully saturated rings. The molecule has 2 amide bonds. The molecule has 2 aliphatic heterocycles. The third kappa shape index (κ3) is 10.7. The lowest BCUT2D eigenvalue weighted by Crippen LogP contribution is -2.45. The predicted molar refractivity (Wildman–Crippen MR) is 160 cm³/mol. The first-order valence-electron chi connectivity index (χ1n) is 14.2. The number of ether oxygens (including phenoxy) is 4. The van der Waals surface area contributed by atoms with Crippen LogP contribution in [0, 0.1) is 0 Å². The first-order valence-corrected chi connectivity index (χ1v) is 16.6. The Bertz CT molecular complexity index is 1320. The van der Waals surface area contributed by atoms with Crippen LogP contribution in [0.4, 0.5) is 24.6 Å². The SMILES string of the molecule is CC(C)(C)OC(=O)O[C@H]1[C@H](F)[C@H](n2ccc(N(C(=O)OC(C)(C)C)C(=O)OC(C)(C)C)nc2=O)S[C@@H]1COP1(=O)OCCCO1. The number of aromatic nitrogens is 2. The maximum atomic E-state index is 16.0. The first-order chi connectivity index (χ1) is 20.6. The minimum atomic E-state index is -3.93. The topological polar surface area (TPSA) is 171 Å². The van der Waals surface area contributed by atoms with Gasteiger partial charge in [0, 0.05) is 6.20 Å². The summed E-state index contributed by atoms with van der Waals surface area (Å²) in [7, 11) is -3.93. The van der Waals surface area contributed by atoms with Gasteiger partial charge < -0.3 is 18.9 Å². The van der Waals surface area contributed by atoms with Gasteiger partial charge in [0.25, 0.3) is 0 Å². The van der Waals surface area contributed by atoms with Crippen molar-refractivity contribution in [3.05, 3.63) is 22.7 Å². The fraction of sp³-hybridized carbons (Fsp3) is 0.741. The van der Waals surface area contributed by atoms with Gasteiger partial charge in [-0.05, 0) is 74.8 Å². The Morgan fingerprint density at radius 1 is 1.00 bits per heavy atom. The molecule has 2 aliphatic rings. The third-order valence-electron chi connectivity index (χ3n) is 5.54. The fourth-order valence-corrected chi connectivity index (χ4v) is 6.70. The van der Waals surface area contributed by atoms with Crippen LogP contribution in [-0.2, 0) is 37.1 Å². The highest BCUT2D eigenvalue weighted by Gasteiger charge is 2.50. The number of halogens is 1. The van der Waals surface area contributed by atoms with Crippen LogP contribution in [-0.4, -0.2) is 82.0 Å². The number of amides is 2. The number of carbonyl (C=O) groups is 3. The number of imide groups is 1. The molecule has 3 heterocycles. The molecule has 18 heteroatoms. The summed E-state index contributed by atoms with van der Waals surface area (Å²) in [6.07, 6.45) is -5.35. The van der Waals surface area contributed by atoms with Crippen molar-refractivity contribution in [3.8, 4) is 0 Å². The Hall–Kier alpha value is -2.72. The standard InChI is InChI=1S/C27H41FN3O12PS/c1-25(2,3)41-22(33)31(23(34)42-26(4,5)6)17-11-12-30(21(32)29-17)20-18(28)19(40-24(35)43-27(7,8)9)16(45-20)15-39-44(36)37-13-10-14-38-44/h11-12,16,18-20H,10,13-15H2,1-9H3/t16-,18+,19-,20-/m1/s1. The first kappa shape index (κ1) is 36.7. The van der Waals surface area contributed by atoms with E-state index in [0.29, 0.717) is 11.3 Å². The summed E-state index contributed by atoms with van der Waals surface area (Å²) in [6.45, 7) is 14.1. The van der Waals surface area contributed by atoms with E-state index in [2.05, 4.69) is 4.98 Å². The maximum Gasteiger partial charge on any atom is 0.509 e. The van der Waals surface area contributed by atoms with Gasteiger partial charge in [-0.1, -0.05) is 0 Å². The number of carbonyl (C=O) groups excluding carboxylic acids is 3. The predicted octanol–water partition coefficient (Wildman–Crippen LogP) is 5.75. The summed E-state index contributed by atoms with van der Waals surface area (Å²) in [5.74, 6) is -0.427. The number of rotatable bonds is 6. The van der Waals surface area contributed by atoms with Crippen molar-refractivity contribution < 1.29 is 55.9 Å². The third-order valence-corrected chi connectivity index (χ3v) is 8.53. The van der Waals surface area contributed by atoms with Crippen LogP contribution in [0.2, 0.25) is 0 Å². The molecule has 0 unspecified atom stereocenters. The molecule has 0 saturated carbocycles. The minimum absolute atomic E-state index is 0.137. The molecule has 4 atom stereocenters. The number of alkyl halides is 1. The van der Waals surface area contributed by atoms with Crippen LogP contribution in [0.5, 0.6) is 0 Å². The van der Waals surface area contributed by atoms with E-state index in [1.54, 1.807) is 62.3 Å². The van der Waals surface area contributed by atoms with E-state index >= 15 is 4.39 Å².